The average Bonchev–Trinajstić information content (AvgIpc) is 2.47. The summed E-state index contributed by atoms with van der Waals surface area (Å²) in [5, 5.41) is 14.4. The number of nitro benzene ring substituents is 1. The van der Waals surface area contributed by atoms with E-state index in [0.717, 1.165) is 0 Å². The fourth-order valence-electron chi connectivity index (χ4n) is 1.74. The Kier molecular flexibility index (Phi) is 4.38. The van der Waals surface area contributed by atoms with Crippen LogP contribution in [0.1, 0.15) is 0 Å². The predicted molar refractivity (Wildman–Crippen MR) is 72.5 cm³/mol. The minimum atomic E-state index is -0.455. The summed E-state index contributed by atoms with van der Waals surface area (Å²) in [6, 6.07) is 4.43. The molecule has 0 unspecified atom stereocenters. The van der Waals surface area contributed by atoms with Crippen molar-refractivity contribution in [3.63, 3.8) is 0 Å². The molecule has 0 saturated carbocycles. The molecule has 0 aliphatic rings. The van der Waals surface area contributed by atoms with Gasteiger partial charge < -0.3 is 14.8 Å². The Morgan fingerprint density at radius 2 is 2.10 bits per heavy atom. The molecule has 0 amide bonds. The van der Waals surface area contributed by atoms with Gasteiger partial charge in [0.1, 0.15) is 12.1 Å². The van der Waals surface area contributed by atoms with Gasteiger partial charge in [-0.05, 0) is 6.07 Å². The molecule has 0 aliphatic carbocycles. The van der Waals surface area contributed by atoms with Crippen LogP contribution in [0.25, 0.3) is 10.9 Å². The van der Waals surface area contributed by atoms with E-state index >= 15 is 0 Å². The Hall–Kier alpha value is -2.32. The SMILES string of the molecule is COC(CNc1ncnc2ccc([N+](=O)[O-])cc12)OC. The van der Waals surface area contributed by atoms with Crippen LogP contribution in [-0.4, -0.2) is 41.9 Å². The third-order valence-electron chi connectivity index (χ3n) is 2.79. The molecule has 1 N–H and O–H groups in total. The number of hydrogen-bond donors (Lipinski definition) is 1. The van der Waals surface area contributed by atoms with Gasteiger partial charge >= 0.3 is 0 Å². The summed E-state index contributed by atoms with van der Waals surface area (Å²) in [4.78, 5) is 18.5. The number of ether oxygens (including phenoxy) is 2. The lowest BCUT2D eigenvalue weighted by Gasteiger charge is -2.15. The summed E-state index contributed by atoms with van der Waals surface area (Å²) in [6.07, 6.45) is 0.962. The lowest BCUT2D eigenvalue weighted by atomic mass is 10.2. The molecular weight excluding hydrogens is 264 g/mol. The van der Waals surface area contributed by atoms with Gasteiger partial charge in [0.25, 0.3) is 5.69 Å². The van der Waals surface area contributed by atoms with E-state index in [0.29, 0.717) is 23.3 Å². The molecule has 0 spiro atoms. The van der Waals surface area contributed by atoms with Crippen molar-refractivity contribution in [2.24, 2.45) is 0 Å². The van der Waals surface area contributed by atoms with Crippen LogP contribution < -0.4 is 5.32 Å². The molecule has 0 atom stereocenters. The van der Waals surface area contributed by atoms with Crippen LogP contribution in [0, 0.1) is 10.1 Å². The number of non-ortho nitro benzene ring substituents is 1. The van der Waals surface area contributed by atoms with Crippen molar-refractivity contribution in [2.45, 2.75) is 6.29 Å². The maximum atomic E-state index is 10.8. The first-order chi connectivity index (χ1) is 9.65. The normalized spacial score (nSPS) is 10.9. The largest absolute Gasteiger partial charge is 0.364 e. The number of methoxy groups -OCH3 is 2. The zero-order valence-corrected chi connectivity index (χ0v) is 11.1. The molecular formula is C12H14N4O4. The molecule has 1 aromatic heterocycles. The fraction of sp³-hybridized carbons (Fsp3) is 0.333. The molecule has 2 rings (SSSR count). The molecule has 0 saturated heterocycles. The van der Waals surface area contributed by atoms with Gasteiger partial charge in [-0.1, -0.05) is 0 Å². The zero-order chi connectivity index (χ0) is 14.5. The number of fused-ring (bicyclic) bond motifs is 1. The summed E-state index contributed by atoms with van der Waals surface area (Å²) < 4.78 is 10.1. The van der Waals surface area contributed by atoms with Gasteiger partial charge in [-0.25, -0.2) is 9.97 Å². The van der Waals surface area contributed by atoms with E-state index in [1.54, 1.807) is 6.07 Å². The summed E-state index contributed by atoms with van der Waals surface area (Å²) in [5.41, 5.74) is 0.616. The summed E-state index contributed by atoms with van der Waals surface area (Å²) in [5.74, 6) is 0.498. The lowest BCUT2D eigenvalue weighted by Crippen LogP contribution is -2.24. The quantitative estimate of drug-likeness (QED) is 0.486. The molecule has 0 aliphatic heterocycles. The second-order valence-corrected chi connectivity index (χ2v) is 3.96. The van der Waals surface area contributed by atoms with Crippen LogP contribution in [0.4, 0.5) is 11.5 Å². The minimum absolute atomic E-state index is 0.00890. The van der Waals surface area contributed by atoms with Crippen LogP contribution in [0.15, 0.2) is 24.5 Å². The van der Waals surface area contributed by atoms with Gasteiger partial charge in [-0.3, -0.25) is 10.1 Å². The van der Waals surface area contributed by atoms with Gasteiger partial charge in [0.15, 0.2) is 6.29 Å². The van der Waals surface area contributed by atoms with Crippen LogP contribution in [0.2, 0.25) is 0 Å². The molecule has 0 fully saturated rings. The molecule has 0 radical (unpaired) electrons. The minimum Gasteiger partial charge on any atom is -0.364 e. The highest BCUT2D eigenvalue weighted by atomic mass is 16.7. The number of nitrogens with one attached hydrogen (secondary N) is 1. The van der Waals surface area contributed by atoms with Crippen LogP contribution in [0.3, 0.4) is 0 Å². The van der Waals surface area contributed by atoms with E-state index in [1.165, 1.54) is 32.7 Å². The van der Waals surface area contributed by atoms with Crippen molar-refractivity contribution >= 4 is 22.4 Å². The number of nitrogens with zero attached hydrogens (tertiary/aromatic N) is 3. The maximum absolute atomic E-state index is 10.8. The van der Waals surface area contributed by atoms with Gasteiger partial charge in [0.2, 0.25) is 0 Å². The first-order valence-corrected chi connectivity index (χ1v) is 5.84. The van der Waals surface area contributed by atoms with E-state index in [9.17, 15) is 10.1 Å². The Labute approximate surface area is 114 Å². The number of nitro groups is 1. The highest BCUT2D eigenvalue weighted by Crippen LogP contribution is 2.24. The molecule has 2 aromatic rings. The molecule has 1 aromatic carbocycles. The van der Waals surface area contributed by atoms with Gasteiger partial charge in [0.05, 0.1) is 17.0 Å². The van der Waals surface area contributed by atoms with Crippen molar-refractivity contribution in [3.8, 4) is 0 Å². The summed E-state index contributed by atoms with van der Waals surface area (Å²) >= 11 is 0. The molecule has 8 heteroatoms. The number of benzene rings is 1. The van der Waals surface area contributed by atoms with Crippen molar-refractivity contribution in [2.75, 3.05) is 26.1 Å². The highest BCUT2D eigenvalue weighted by molar-refractivity contribution is 5.90. The lowest BCUT2D eigenvalue weighted by molar-refractivity contribution is -0.384. The third kappa shape index (κ3) is 2.98. The Morgan fingerprint density at radius 1 is 1.35 bits per heavy atom. The molecule has 106 valence electrons. The Bertz CT molecular complexity index is 615. The summed E-state index contributed by atoms with van der Waals surface area (Å²) in [6.45, 7) is 0.363. The van der Waals surface area contributed by atoms with E-state index in [1.807, 2.05) is 0 Å². The van der Waals surface area contributed by atoms with E-state index in [4.69, 9.17) is 9.47 Å². The zero-order valence-electron chi connectivity index (χ0n) is 11.1. The van der Waals surface area contributed by atoms with E-state index < -0.39 is 11.2 Å². The van der Waals surface area contributed by atoms with Gasteiger partial charge in [-0.15, -0.1) is 0 Å². The van der Waals surface area contributed by atoms with Crippen molar-refractivity contribution < 1.29 is 14.4 Å². The van der Waals surface area contributed by atoms with E-state index in [-0.39, 0.29) is 5.69 Å². The molecule has 1 heterocycles. The average molecular weight is 278 g/mol. The number of aromatic nitrogens is 2. The smallest absolute Gasteiger partial charge is 0.270 e. The Balaban J connectivity index is 2.32. The molecule has 20 heavy (non-hydrogen) atoms. The van der Waals surface area contributed by atoms with Gasteiger partial charge in [-0.2, -0.15) is 0 Å². The topological polar surface area (TPSA) is 99.4 Å². The highest BCUT2D eigenvalue weighted by Gasteiger charge is 2.12. The molecule has 0 bridgehead atoms. The number of anilines is 1. The van der Waals surface area contributed by atoms with Crippen LogP contribution >= 0.6 is 0 Å². The van der Waals surface area contributed by atoms with Crippen molar-refractivity contribution in [1.29, 1.82) is 0 Å². The number of rotatable bonds is 6. The monoisotopic (exact) mass is 278 g/mol. The predicted octanol–water partition coefficient (Wildman–Crippen LogP) is 1.57. The summed E-state index contributed by atoms with van der Waals surface area (Å²) in [7, 11) is 3.05. The standard InChI is InChI=1S/C12H14N4O4/c1-19-11(20-2)6-13-12-9-5-8(16(17)18)3-4-10(9)14-7-15-12/h3-5,7,11H,6H2,1-2H3,(H,13,14,15). The second kappa shape index (κ2) is 6.22. The van der Waals surface area contributed by atoms with Crippen molar-refractivity contribution in [3.05, 3.63) is 34.6 Å². The third-order valence-corrected chi connectivity index (χ3v) is 2.79. The first-order valence-electron chi connectivity index (χ1n) is 5.84. The fourth-order valence-corrected chi connectivity index (χ4v) is 1.74. The molecule has 8 nitrogen and oxygen atoms in total. The first kappa shape index (κ1) is 14.1. The van der Waals surface area contributed by atoms with Gasteiger partial charge in [0, 0.05) is 31.7 Å². The number of hydrogen-bond acceptors (Lipinski definition) is 7. The van der Waals surface area contributed by atoms with Crippen LogP contribution in [-0.2, 0) is 9.47 Å². The van der Waals surface area contributed by atoms with Crippen LogP contribution in [0.5, 0.6) is 0 Å². The second-order valence-electron chi connectivity index (χ2n) is 3.96. The van der Waals surface area contributed by atoms with Crippen molar-refractivity contribution in [1.82, 2.24) is 9.97 Å². The van der Waals surface area contributed by atoms with E-state index in [2.05, 4.69) is 15.3 Å². The Morgan fingerprint density at radius 3 is 2.75 bits per heavy atom. The maximum Gasteiger partial charge on any atom is 0.270 e.